The molecule has 0 amide bonds. The third kappa shape index (κ3) is 3.65. The minimum Gasteiger partial charge on any atom is -0.396 e. The summed E-state index contributed by atoms with van der Waals surface area (Å²) in [5.74, 6) is 0.408. The molecule has 1 aliphatic rings. The van der Waals surface area contributed by atoms with Gasteiger partial charge in [0.15, 0.2) is 0 Å². The van der Waals surface area contributed by atoms with E-state index in [1.807, 2.05) is 19.2 Å². The molecular formula is C14H19ClN2OS. The first-order valence-corrected chi connectivity index (χ1v) is 7.79. The molecule has 0 radical (unpaired) electrons. The van der Waals surface area contributed by atoms with Crippen molar-refractivity contribution in [2.75, 3.05) is 6.61 Å². The molecule has 2 unspecified atom stereocenters. The average molecular weight is 299 g/mol. The van der Waals surface area contributed by atoms with Crippen molar-refractivity contribution in [3.05, 3.63) is 21.6 Å². The molecule has 1 heterocycles. The summed E-state index contributed by atoms with van der Waals surface area (Å²) < 4.78 is 0. The standard InChI is InChI=1S/C14H19ClN2OS/c1-9(15)13(14-16-5-6-19-14)10(2)17-12-4-3-11(7-12)8-18/h5-6,11-12,18H,3-4,7-8H2,1-2H3/b13-9-,17-10?. The lowest BCUT2D eigenvalue weighted by atomic mass is 10.1. The normalized spacial score (nSPS) is 25.6. The van der Waals surface area contributed by atoms with Crippen LogP contribution in [0.15, 0.2) is 21.6 Å². The molecule has 0 spiro atoms. The highest BCUT2D eigenvalue weighted by molar-refractivity contribution is 7.11. The van der Waals surface area contributed by atoms with Gasteiger partial charge in [-0.15, -0.1) is 11.3 Å². The smallest absolute Gasteiger partial charge is 0.126 e. The summed E-state index contributed by atoms with van der Waals surface area (Å²) in [5.41, 5.74) is 1.90. The maximum absolute atomic E-state index is 9.18. The molecule has 1 aromatic heterocycles. The van der Waals surface area contributed by atoms with E-state index in [1.54, 1.807) is 17.5 Å². The van der Waals surface area contributed by atoms with E-state index in [2.05, 4.69) is 4.98 Å². The third-order valence-electron chi connectivity index (χ3n) is 3.50. The fourth-order valence-electron chi connectivity index (χ4n) is 2.57. The zero-order valence-electron chi connectivity index (χ0n) is 11.3. The summed E-state index contributed by atoms with van der Waals surface area (Å²) in [6.07, 6.45) is 4.87. The second kappa shape index (κ2) is 6.64. The van der Waals surface area contributed by atoms with Crippen molar-refractivity contribution in [2.24, 2.45) is 10.9 Å². The quantitative estimate of drug-likeness (QED) is 0.861. The number of hydrogen-bond donors (Lipinski definition) is 1. The van der Waals surface area contributed by atoms with Gasteiger partial charge in [-0.1, -0.05) is 11.6 Å². The SMILES string of the molecule is CC(=NC1CCC(CO)C1)/C(=C(\C)Cl)c1nccs1. The van der Waals surface area contributed by atoms with Crippen LogP contribution in [-0.2, 0) is 0 Å². The molecule has 0 saturated heterocycles. The molecule has 1 N–H and O–H groups in total. The van der Waals surface area contributed by atoms with Gasteiger partial charge in [-0.05, 0) is 39.0 Å². The number of thiazole rings is 1. The van der Waals surface area contributed by atoms with Crippen molar-refractivity contribution in [1.82, 2.24) is 4.98 Å². The van der Waals surface area contributed by atoms with Crippen LogP contribution in [0.5, 0.6) is 0 Å². The second-order valence-electron chi connectivity index (χ2n) is 4.98. The van der Waals surface area contributed by atoms with Crippen LogP contribution in [0.2, 0.25) is 0 Å². The molecule has 5 heteroatoms. The molecule has 1 aromatic rings. The first-order valence-electron chi connectivity index (χ1n) is 6.53. The van der Waals surface area contributed by atoms with Gasteiger partial charge in [0, 0.05) is 34.5 Å². The molecule has 3 nitrogen and oxygen atoms in total. The highest BCUT2D eigenvalue weighted by Crippen LogP contribution is 2.30. The monoisotopic (exact) mass is 298 g/mol. The molecule has 0 bridgehead atoms. The second-order valence-corrected chi connectivity index (χ2v) is 6.44. The Morgan fingerprint density at radius 1 is 1.53 bits per heavy atom. The van der Waals surface area contributed by atoms with Crippen molar-refractivity contribution in [2.45, 2.75) is 39.2 Å². The number of aliphatic hydroxyl groups is 1. The largest absolute Gasteiger partial charge is 0.396 e. The van der Waals surface area contributed by atoms with Crippen LogP contribution in [0.25, 0.3) is 5.57 Å². The van der Waals surface area contributed by atoms with Crippen LogP contribution in [-0.4, -0.2) is 28.5 Å². The molecule has 104 valence electrons. The zero-order valence-corrected chi connectivity index (χ0v) is 12.8. The third-order valence-corrected chi connectivity index (χ3v) is 4.48. The van der Waals surface area contributed by atoms with Gasteiger partial charge in [-0.2, -0.15) is 0 Å². The molecule has 0 aromatic carbocycles. The van der Waals surface area contributed by atoms with Crippen LogP contribution in [0.3, 0.4) is 0 Å². The molecule has 2 atom stereocenters. The van der Waals surface area contributed by atoms with Crippen molar-refractivity contribution < 1.29 is 5.11 Å². The molecule has 1 saturated carbocycles. The number of aromatic nitrogens is 1. The number of allylic oxidation sites excluding steroid dienone is 2. The van der Waals surface area contributed by atoms with E-state index < -0.39 is 0 Å². The predicted molar refractivity (Wildman–Crippen MR) is 81.9 cm³/mol. The highest BCUT2D eigenvalue weighted by Gasteiger charge is 2.24. The molecule has 0 aliphatic heterocycles. The van der Waals surface area contributed by atoms with Gasteiger partial charge in [0.05, 0.1) is 6.04 Å². The fraction of sp³-hybridized carbons (Fsp3) is 0.571. The van der Waals surface area contributed by atoms with Gasteiger partial charge < -0.3 is 5.11 Å². The van der Waals surface area contributed by atoms with Crippen LogP contribution >= 0.6 is 22.9 Å². The topological polar surface area (TPSA) is 45.5 Å². The minimum absolute atomic E-state index is 0.273. The minimum atomic E-state index is 0.273. The Kier molecular flexibility index (Phi) is 5.13. The highest BCUT2D eigenvalue weighted by atomic mass is 35.5. The Morgan fingerprint density at radius 3 is 2.84 bits per heavy atom. The van der Waals surface area contributed by atoms with Gasteiger partial charge in [0.25, 0.3) is 0 Å². The summed E-state index contributed by atoms with van der Waals surface area (Å²) in [6.45, 7) is 4.14. The maximum atomic E-state index is 9.18. The summed E-state index contributed by atoms with van der Waals surface area (Å²) in [5, 5.41) is 12.8. The summed E-state index contributed by atoms with van der Waals surface area (Å²) in [4.78, 5) is 9.10. The molecule has 1 aliphatic carbocycles. The Labute approximate surface area is 123 Å². The molecule has 2 rings (SSSR count). The molecular weight excluding hydrogens is 280 g/mol. The summed E-state index contributed by atoms with van der Waals surface area (Å²) in [7, 11) is 0. The lowest BCUT2D eigenvalue weighted by Crippen LogP contribution is -2.07. The van der Waals surface area contributed by atoms with E-state index in [0.717, 1.165) is 40.6 Å². The van der Waals surface area contributed by atoms with E-state index in [1.165, 1.54) is 0 Å². The van der Waals surface area contributed by atoms with E-state index >= 15 is 0 Å². The Hall–Kier alpha value is -0.710. The summed E-state index contributed by atoms with van der Waals surface area (Å²) in [6, 6.07) is 0.308. The van der Waals surface area contributed by atoms with Crippen molar-refractivity contribution in [3.63, 3.8) is 0 Å². The summed E-state index contributed by atoms with van der Waals surface area (Å²) >= 11 is 7.77. The van der Waals surface area contributed by atoms with Gasteiger partial charge in [0.1, 0.15) is 5.01 Å². The number of aliphatic imine (C=N–C) groups is 1. The fourth-order valence-corrected chi connectivity index (χ4v) is 3.64. The van der Waals surface area contributed by atoms with E-state index in [0.29, 0.717) is 12.0 Å². The number of aliphatic hydroxyl groups excluding tert-OH is 1. The van der Waals surface area contributed by atoms with Gasteiger partial charge in [-0.25, -0.2) is 4.98 Å². The van der Waals surface area contributed by atoms with Crippen LogP contribution in [0.4, 0.5) is 0 Å². The number of rotatable bonds is 4. The predicted octanol–water partition coefficient (Wildman–Crippen LogP) is 3.73. The van der Waals surface area contributed by atoms with E-state index in [4.69, 9.17) is 16.6 Å². The van der Waals surface area contributed by atoms with Crippen molar-refractivity contribution >= 4 is 34.2 Å². The van der Waals surface area contributed by atoms with E-state index in [9.17, 15) is 5.11 Å². The lowest BCUT2D eigenvalue weighted by Gasteiger charge is -2.10. The van der Waals surface area contributed by atoms with Gasteiger partial charge in [0.2, 0.25) is 0 Å². The Morgan fingerprint density at radius 2 is 2.32 bits per heavy atom. The first kappa shape index (κ1) is 14.7. The maximum Gasteiger partial charge on any atom is 0.126 e. The van der Waals surface area contributed by atoms with Crippen molar-refractivity contribution in [3.8, 4) is 0 Å². The van der Waals surface area contributed by atoms with Crippen LogP contribution in [0, 0.1) is 5.92 Å². The van der Waals surface area contributed by atoms with Gasteiger partial charge >= 0.3 is 0 Å². The Bertz CT molecular complexity index is 478. The van der Waals surface area contributed by atoms with Crippen molar-refractivity contribution in [1.29, 1.82) is 0 Å². The number of nitrogens with zero attached hydrogens (tertiary/aromatic N) is 2. The number of halogens is 1. The Balaban J connectivity index is 2.18. The molecule has 1 fully saturated rings. The molecule has 19 heavy (non-hydrogen) atoms. The lowest BCUT2D eigenvalue weighted by molar-refractivity contribution is 0.229. The number of hydrogen-bond acceptors (Lipinski definition) is 4. The first-order chi connectivity index (χ1) is 9.11. The van der Waals surface area contributed by atoms with Crippen LogP contribution < -0.4 is 0 Å². The van der Waals surface area contributed by atoms with E-state index in [-0.39, 0.29) is 6.61 Å². The van der Waals surface area contributed by atoms with Gasteiger partial charge in [-0.3, -0.25) is 4.99 Å². The average Bonchev–Trinajstić information content (AvgIpc) is 3.00. The van der Waals surface area contributed by atoms with Crippen LogP contribution in [0.1, 0.15) is 38.1 Å². The zero-order chi connectivity index (χ0) is 13.8.